The molecule has 3 aromatic carbocycles. The molecule has 0 aliphatic carbocycles. The van der Waals surface area contributed by atoms with Gasteiger partial charge in [-0.15, -0.1) is 11.8 Å². The van der Waals surface area contributed by atoms with E-state index >= 15 is 0 Å². The highest BCUT2D eigenvalue weighted by atomic mass is 32.2. The van der Waals surface area contributed by atoms with Gasteiger partial charge in [0, 0.05) is 29.8 Å². The molecule has 3 aromatic rings. The van der Waals surface area contributed by atoms with Gasteiger partial charge in [0.25, 0.3) is 0 Å². The number of carbonyl (C=O) groups excluding carboxylic acids is 1. The summed E-state index contributed by atoms with van der Waals surface area (Å²) in [7, 11) is 0. The Morgan fingerprint density at radius 1 is 0.951 bits per heavy atom. The van der Waals surface area contributed by atoms with E-state index < -0.39 is 0 Å². The summed E-state index contributed by atoms with van der Waals surface area (Å²) in [5, 5.41) is 18.5. The van der Waals surface area contributed by atoms with Crippen LogP contribution in [0.4, 0.5) is 5.69 Å². The van der Waals surface area contributed by atoms with E-state index in [-0.39, 0.29) is 5.91 Å². The van der Waals surface area contributed by atoms with Gasteiger partial charge < -0.3 is 19.7 Å². The minimum Gasteiger partial charge on any atom is -0.491 e. The second-order valence-corrected chi connectivity index (χ2v) is 10.4. The maximum Gasteiger partial charge on any atom is 0.248 e. The molecule has 0 aliphatic heterocycles. The highest BCUT2D eigenvalue weighted by Gasteiger charge is 2.07. The van der Waals surface area contributed by atoms with Crippen LogP contribution in [0.1, 0.15) is 38.7 Å². The van der Waals surface area contributed by atoms with E-state index in [1.54, 1.807) is 11.0 Å². The lowest BCUT2D eigenvalue weighted by Gasteiger charge is -2.18. The molecule has 0 atom stereocenters. The first-order valence-electron chi connectivity index (χ1n) is 14.0. The molecule has 41 heavy (non-hydrogen) atoms. The molecule has 0 unspecified atom stereocenters. The van der Waals surface area contributed by atoms with Crippen LogP contribution in [0.15, 0.2) is 83.8 Å². The number of carbonyl (C=O) groups is 1. The Bertz CT molecular complexity index is 1280. The van der Waals surface area contributed by atoms with Gasteiger partial charge in [0.15, 0.2) is 0 Å². The fourth-order valence-electron chi connectivity index (χ4n) is 3.88. The fourth-order valence-corrected chi connectivity index (χ4v) is 4.67. The van der Waals surface area contributed by atoms with Gasteiger partial charge in [-0.2, -0.15) is 0 Å². The molecule has 3 N–H and O–H groups in total. The van der Waals surface area contributed by atoms with Crippen molar-refractivity contribution in [2.24, 2.45) is 0 Å². The number of rotatable bonds is 17. The third-order valence-electron chi connectivity index (χ3n) is 6.10. The molecule has 8 heteroatoms. The van der Waals surface area contributed by atoms with Gasteiger partial charge in [-0.25, -0.2) is 0 Å². The number of unbranched alkanes of at least 4 members (excludes halogenated alkanes) is 1. The van der Waals surface area contributed by atoms with Crippen LogP contribution in [0.25, 0.3) is 17.2 Å². The Morgan fingerprint density at radius 3 is 2.44 bits per heavy atom. The SMILES string of the molecule is CCCCOCCOc1ccc(-c2cccc(/C=C/C(=O)Nc3ccc(SCC(=N)N(C=N)CCC)cc3)c2)cc1. The normalized spacial score (nSPS) is 10.9. The van der Waals surface area contributed by atoms with E-state index in [9.17, 15) is 4.79 Å². The number of benzene rings is 3. The maximum atomic E-state index is 12.5. The number of amidine groups is 1. The molecule has 1 amide bonds. The highest BCUT2D eigenvalue weighted by molar-refractivity contribution is 8.00. The number of ether oxygens (including phenoxy) is 2. The van der Waals surface area contributed by atoms with Crippen LogP contribution >= 0.6 is 11.8 Å². The quantitative estimate of drug-likeness (QED) is 0.0509. The van der Waals surface area contributed by atoms with Crippen molar-refractivity contribution in [2.75, 3.05) is 37.4 Å². The van der Waals surface area contributed by atoms with Crippen molar-refractivity contribution in [1.82, 2.24) is 4.90 Å². The number of amides is 1. The highest BCUT2D eigenvalue weighted by Crippen LogP contribution is 2.24. The van der Waals surface area contributed by atoms with Gasteiger partial charge in [-0.1, -0.05) is 50.6 Å². The summed E-state index contributed by atoms with van der Waals surface area (Å²) in [6.45, 7) is 6.74. The van der Waals surface area contributed by atoms with Gasteiger partial charge in [0.05, 0.1) is 18.7 Å². The van der Waals surface area contributed by atoms with Crippen molar-refractivity contribution < 1.29 is 14.3 Å². The smallest absolute Gasteiger partial charge is 0.248 e. The molecule has 7 nitrogen and oxygen atoms in total. The first kappa shape index (κ1) is 31.6. The summed E-state index contributed by atoms with van der Waals surface area (Å²) in [6, 6.07) is 23.6. The molecule has 3 rings (SSSR count). The van der Waals surface area contributed by atoms with Gasteiger partial charge in [0.1, 0.15) is 18.2 Å². The van der Waals surface area contributed by atoms with Crippen LogP contribution in [-0.2, 0) is 9.53 Å². The molecule has 0 aliphatic rings. The summed E-state index contributed by atoms with van der Waals surface area (Å²) < 4.78 is 11.3. The van der Waals surface area contributed by atoms with Gasteiger partial charge in [-0.3, -0.25) is 15.6 Å². The van der Waals surface area contributed by atoms with Crippen LogP contribution in [0.2, 0.25) is 0 Å². The Labute approximate surface area is 248 Å². The Kier molecular flexibility index (Phi) is 13.7. The number of hydrogen-bond donors (Lipinski definition) is 3. The van der Waals surface area contributed by atoms with Crippen LogP contribution in [0, 0.1) is 10.8 Å². The first-order chi connectivity index (χ1) is 20.0. The molecule has 216 valence electrons. The summed E-state index contributed by atoms with van der Waals surface area (Å²) >= 11 is 1.53. The van der Waals surface area contributed by atoms with E-state index in [1.165, 1.54) is 24.2 Å². The van der Waals surface area contributed by atoms with E-state index in [0.717, 1.165) is 53.2 Å². The Balaban J connectivity index is 1.48. The molecule has 0 saturated heterocycles. The van der Waals surface area contributed by atoms with Crippen molar-refractivity contribution in [1.29, 1.82) is 10.8 Å². The number of anilines is 1. The van der Waals surface area contributed by atoms with Crippen molar-refractivity contribution in [3.05, 3.63) is 84.4 Å². The number of thioether (sulfide) groups is 1. The molecule has 0 saturated carbocycles. The van der Waals surface area contributed by atoms with Gasteiger partial charge in [0.2, 0.25) is 5.91 Å². The van der Waals surface area contributed by atoms with Crippen molar-refractivity contribution in [3.63, 3.8) is 0 Å². The molecular formula is C33H40N4O3S. The first-order valence-corrected chi connectivity index (χ1v) is 15.0. The molecule has 0 bridgehead atoms. The van der Waals surface area contributed by atoms with Crippen LogP contribution in [0.3, 0.4) is 0 Å². The predicted octanol–water partition coefficient (Wildman–Crippen LogP) is 7.59. The van der Waals surface area contributed by atoms with Gasteiger partial charge >= 0.3 is 0 Å². The molecule has 0 aromatic heterocycles. The second-order valence-electron chi connectivity index (χ2n) is 9.37. The monoisotopic (exact) mass is 572 g/mol. The minimum absolute atomic E-state index is 0.209. The molecular weight excluding hydrogens is 532 g/mol. The largest absolute Gasteiger partial charge is 0.491 e. The van der Waals surface area contributed by atoms with Crippen LogP contribution in [0.5, 0.6) is 5.75 Å². The molecule has 0 radical (unpaired) electrons. The third kappa shape index (κ3) is 11.3. The Hall–Kier alpha value is -3.88. The number of nitrogens with one attached hydrogen (secondary N) is 3. The molecule has 0 heterocycles. The molecule has 0 fully saturated rings. The van der Waals surface area contributed by atoms with Crippen LogP contribution in [-0.4, -0.2) is 55.1 Å². The Morgan fingerprint density at radius 2 is 1.73 bits per heavy atom. The zero-order valence-electron chi connectivity index (χ0n) is 23.9. The van der Waals surface area contributed by atoms with Gasteiger partial charge in [-0.05, 0) is 78.1 Å². The van der Waals surface area contributed by atoms with E-state index in [2.05, 4.69) is 12.2 Å². The lowest BCUT2D eigenvalue weighted by atomic mass is 10.0. The summed E-state index contributed by atoms with van der Waals surface area (Å²) in [6.07, 6.45) is 7.62. The lowest BCUT2D eigenvalue weighted by molar-refractivity contribution is -0.111. The number of nitrogens with zero attached hydrogens (tertiary/aromatic N) is 1. The van der Waals surface area contributed by atoms with E-state index in [4.69, 9.17) is 20.3 Å². The summed E-state index contributed by atoms with van der Waals surface area (Å²) in [5.41, 5.74) is 3.76. The van der Waals surface area contributed by atoms with E-state index in [0.29, 0.717) is 37.0 Å². The predicted molar refractivity (Wildman–Crippen MR) is 171 cm³/mol. The zero-order chi connectivity index (χ0) is 29.3. The second kappa shape index (κ2) is 17.7. The summed E-state index contributed by atoms with van der Waals surface area (Å²) in [4.78, 5) is 15.2. The topological polar surface area (TPSA) is 98.5 Å². The average molecular weight is 573 g/mol. The fraction of sp³-hybridized carbons (Fsp3) is 0.303. The average Bonchev–Trinajstić information content (AvgIpc) is 3.00. The zero-order valence-corrected chi connectivity index (χ0v) is 24.7. The third-order valence-corrected chi connectivity index (χ3v) is 7.13. The maximum absolute atomic E-state index is 12.5. The van der Waals surface area contributed by atoms with Crippen LogP contribution < -0.4 is 10.1 Å². The van der Waals surface area contributed by atoms with Crippen molar-refractivity contribution in [2.45, 2.75) is 38.0 Å². The minimum atomic E-state index is -0.209. The standard InChI is InChI=1S/C33H40N4O3S/c1-3-5-20-39-21-22-40-30-14-10-27(11-15-30)28-8-6-7-26(23-28)9-18-33(38)36-29-12-16-31(17-13-29)41-24-32(35)37(25-34)19-4-2/h6-18,23,25,34-35H,3-5,19-22,24H2,1-2H3,(H,36,38)/b18-9+,34-25?,35-32?. The number of hydrogen-bond acceptors (Lipinski definition) is 6. The van der Waals surface area contributed by atoms with E-state index in [1.807, 2.05) is 79.7 Å². The lowest BCUT2D eigenvalue weighted by Crippen LogP contribution is -2.30. The molecule has 0 spiro atoms. The van der Waals surface area contributed by atoms with Crippen molar-refractivity contribution in [3.8, 4) is 16.9 Å². The van der Waals surface area contributed by atoms with Crippen molar-refractivity contribution >= 4 is 41.6 Å². The summed E-state index contributed by atoms with van der Waals surface area (Å²) in [5.74, 6) is 1.49.